The van der Waals surface area contributed by atoms with Gasteiger partial charge in [-0.15, -0.1) is 0 Å². The van der Waals surface area contributed by atoms with E-state index in [1.54, 1.807) is 18.3 Å². The number of benzene rings is 1. The highest BCUT2D eigenvalue weighted by atomic mass is 32.2. The SMILES string of the molecule is O=S(=O)(Nc1ccc(NC2CCCC2)nc1)c1ccc2c(c1)CCCC2. The monoisotopic (exact) mass is 371 g/mol. The zero-order valence-electron chi connectivity index (χ0n) is 14.9. The van der Waals surface area contributed by atoms with Gasteiger partial charge >= 0.3 is 0 Å². The molecule has 0 unspecified atom stereocenters. The van der Waals surface area contributed by atoms with Gasteiger partial charge < -0.3 is 5.32 Å². The molecule has 2 aliphatic rings. The molecule has 0 amide bonds. The number of anilines is 2. The number of hydrogen-bond donors (Lipinski definition) is 2. The molecule has 5 nitrogen and oxygen atoms in total. The van der Waals surface area contributed by atoms with Crippen LogP contribution in [0, 0.1) is 0 Å². The molecule has 4 rings (SSSR count). The van der Waals surface area contributed by atoms with Crippen LogP contribution in [0.5, 0.6) is 0 Å². The Morgan fingerprint density at radius 3 is 2.42 bits per heavy atom. The molecule has 26 heavy (non-hydrogen) atoms. The van der Waals surface area contributed by atoms with Crippen molar-refractivity contribution >= 4 is 21.5 Å². The Morgan fingerprint density at radius 2 is 1.69 bits per heavy atom. The highest BCUT2D eigenvalue weighted by Gasteiger charge is 2.18. The van der Waals surface area contributed by atoms with Crippen LogP contribution in [0.2, 0.25) is 0 Å². The second-order valence-electron chi connectivity index (χ2n) is 7.30. The highest BCUT2D eigenvalue weighted by Crippen LogP contribution is 2.26. The van der Waals surface area contributed by atoms with E-state index in [9.17, 15) is 8.42 Å². The van der Waals surface area contributed by atoms with E-state index in [0.717, 1.165) is 30.6 Å². The summed E-state index contributed by atoms with van der Waals surface area (Å²) in [5, 5.41) is 3.41. The topological polar surface area (TPSA) is 71.1 Å². The Hall–Kier alpha value is -2.08. The third-order valence-corrected chi connectivity index (χ3v) is 6.73. The molecule has 0 aliphatic heterocycles. The van der Waals surface area contributed by atoms with Gasteiger partial charge in [-0.3, -0.25) is 4.72 Å². The normalized spacial score (nSPS) is 17.7. The van der Waals surface area contributed by atoms with E-state index in [1.165, 1.54) is 37.7 Å². The summed E-state index contributed by atoms with van der Waals surface area (Å²) in [5.74, 6) is 0.800. The van der Waals surface area contributed by atoms with E-state index in [-0.39, 0.29) is 0 Å². The smallest absolute Gasteiger partial charge is 0.261 e. The fourth-order valence-corrected chi connectivity index (χ4v) is 5.00. The van der Waals surface area contributed by atoms with Gasteiger partial charge in [0.1, 0.15) is 5.82 Å². The molecule has 1 saturated carbocycles. The molecule has 6 heteroatoms. The van der Waals surface area contributed by atoms with Gasteiger partial charge in [-0.25, -0.2) is 13.4 Å². The van der Waals surface area contributed by atoms with Crippen LogP contribution in [0.1, 0.15) is 49.7 Å². The molecule has 0 saturated heterocycles. The number of hydrogen-bond acceptors (Lipinski definition) is 4. The number of sulfonamides is 1. The predicted octanol–water partition coefficient (Wildman–Crippen LogP) is 4.12. The van der Waals surface area contributed by atoms with E-state index in [4.69, 9.17) is 0 Å². The minimum atomic E-state index is -3.59. The molecule has 2 aromatic rings. The lowest BCUT2D eigenvalue weighted by Gasteiger charge is -2.17. The number of nitrogens with zero attached hydrogens (tertiary/aromatic N) is 1. The van der Waals surface area contributed by atoms with Crippen LogP contribution in [0.4, 0.5) is 11.5 Å². The standard InChI is InChI=1S/C20H25N3O2S/c24-26(25,19-11-9-15-5-1-2-6-16(15)13-19)23-18-10-12-20(21-14-18)22-17-7-3-4-8-17/h9-14,17,23H,1-8H2,(H,21,22). The summed E-state index contributed by atoms with van der Waals surface area (Å²) in [6.45, 7) is 0. The Kier molecular flexibility index (Phi) is 4.85. The molecule has 0 spiro atoms. The molecule has 1 aromatic heterocycles. The summed E-state index contributed by atoms with van der Waals surface area (Å²) >= 11 is 0. The van der Waals surface area contributed by atoms with Crippen LogP contribution in [-0.2, 0) is 22.9 Å². The van der Waals surface area contributed by atoms with E-state index in [1.807, 2.05) is 18.2 Å². The molecule has 1 heterocycles. The summed E-state index contributed by atoms with van der Waals surface area (Å²) < 4.78 is 28.0. The number of fused-ring (bicyclic) bond motifs is 1. The van der Waals surface area contributed by atoms with Crippen molar-refractivity contribution in [3.05, 3.63) is 47.7 Å². The molecule has 2 N–H and O–H groups in total. The van der Waals surface area contributed by atoms with E-state index < -0.39 is 10.0 Å². The van der Waals surface area contributed by atoms with Crippen molar-refractivity contribution in [3.63, 3.8) is 0 Å². The van der Waals surface area contributed by atoms with Gasteiger partial charge in [0.2, 0.25) is 0 Å². The second-order valence-corrected chi connectivity index (χ2v) is 8.98. The molecular formula is C20H25N3O2S. The third kappa shape index (κ3) is 3.85. The first-order valence-corrected chi connectivity index (χ1v) is 11.0. The zero-order valence-corrected chi connectivity index (χ0v) is 15.7. The molecule has 0 bridgehead atoms. The zero-order chi connectivity index (χ0) is 18.0. The second kappa shape index (κ2) is 7.27. The first kappa shape index (κ1) is 17.3. The maximum Gasteiger partial charge on any atom is 0.261 e. The van der Waals surface area contributed by atoms with E-state index in [2.05, 4.69) is 15.0 Å². The van der Waals surface area contributed by atoms with Crippen molar-refractivity contribution in [2.24, 2.45) is 0 Å². The average molecular weight is 372 g/mol. The predicted molar refractivity (Wildman–Crippen MR) is 104 cm³/mol. The van der Waals surface area contributed by atoms with E-state index in [0.29, 0.717) is 16.6 Å². The Morgan fingerprint density at radius 1 is 0.923 bits per heavy atom. The fourth-order valence-electron chi connectivity index (χ4n) is 3.91. The van der Waals surface area contributed by atoms with Gasteiger partial charge in [-0.05, 0) is 73.9 Å². The summed E-state index contributed by atoms with van der Waals surface area (Å²) in [5.41, 5.74) is 2.92. The van der Waals surface area contributed by atoms with Crippen molar-refractivity contribution in [2.75, 3.05) is 10.0 Å². The highest BCUT2D eigenvalue weighted by molar-refractivity contribution is 7.92. The van der Waals surface area contributed by atoms with Crippen LogP contribution in [0.25, 0.3) is 0 Å². The molecule has 1 fully saturated rings. The van der Waals surface area contributed by atoms with Crippen LogP contribution < -0.4 is 10.0 Å². The molecule has 1 aromatic carbocycles. The molecule has 138 valence electrons. The number of rotatable bonds is 5. The average Bonchev–Trinajstić information content (AvgIpc) is 3.16. The Bertz CT molecular complexity index is 872. The van der Waals surface area contributed by atoms with Gasteiger partial charge in [0.25, 0.3) is 10.0 Å². The molecular weight excluding hydrogens is 346 g/mol. The quantitative estimate of drug-likeness (QED) is 0.829. The van der Waals surface area contributed by atoms with Gasteiger partial charge in [0.05, 0.1) is 16.8 Å². The van der Waals surface area contributed by atoms with Crippen molar-refractivity contribution < 1.29 is 8.42 Å². The van der Waals surface area contributed by atoms with Crippen LogP contribution in [0.15, 0.2) is 41.4 Å². The number of aromatic nitrogens is 1. The summed E-state index contributed by atoms with van der Waals surface area (Å²) in [7, 11) is -3.59. The van der Waals surface area contributed by atoms with Gasteiger partial charge in [0, 0.05) is 6.04 Å². The minimum Gasteiger partial charge on any atom is -0.367 e. The van der Waals surface area contributed by atoms with Gasteiger partial charge in [-0.2, -0.15) is 0 Å². The molecule has 2 aliphatic carbocycles. The fraction of sp³-hybridized carbons (Fsp3) is 0.450. The van der Waals surface area contributed by atoms with Crippen molar-refractivity contribution in [3.8, 4) is 0 Å². The summed E-state index contributed by atoms with van der Waals surface area (Å²) in [4.78, 5) is 4.68. The number of pyridine rings is 1. The summed E-state index contributed by atoms with van der Waals surface area (Å²) in [6.07, 6.45) is 10.8. The van der Waals surface area contributed by atoms with Gasteiger partial charge in [-0.1, -0.05) is 18.9 Å². The number of aryl methyl sites for hydroxylation is 2. The lowest BCUT2D eigenvalue weighted by Crippen LogP contribution is -2.16. The van der Waals surface area contributed by atoms with Crippen LogP contribution in [0.3, 0.4) is 0 Å². The minimum absolute atomic E-state index is 0.325. The van der Waals surface area contributed by atoms with Crippen molar-refractivity contribution in [1.29, 1.82) is 0 Å². The first-order chi connectivity index (χ1) is 12.6. The third-order valence-electron chi connectivity index (χ3n) is 5.35. The van der Waals surface area contributed by atoms with Crippen molar-refractivity contribution in [1.82, 2.24) is 4.98 Å². The summed E-state index contributed by atoms with van der Waals surface area (Å²) in [6, 6.07) is 9.57. The van der Waals surface area contributed by atoms with Gasteiger partial charge in [0.15, 0.2) is 0 Å². The lowest BCUT2D eigenvalue weighted by molar-refractivity contribution is 0.600. The van der Waals surface area contributed by atoms with Crippen molar-refractivity contribution in [2.45, 2.75) is 62.3 Å². The maximum atomic E-state index is 12.7. The van der Waals surface area contributed by atoms with Crippen LogP contribution in [-0.4, -0.2) is 19.4 Å². The van der Waals surface area contributed by atoms with E-state index >= 15 is 0 Å². The number of nitrogens with one attached hydrogen (secondary N) is 2. The van der Waals surface area contributed by atoms with Crippen LogP contribution >= 0.6 is 0 Å². The largest absolute Gasteiger partial charge is 0.367 e. The lowest BCUT2D eigenvalue weighted by atomic mass is 9.92. The molecule has 0 atom stereocenters. The maximum absolute atomic E-state index is 12.7. The Balaban J connectivity index is 1.47. The molecule has 0 radical (unpaired) electrons. The first-order valence-electron chi connectivity index (χ1n) is 9.47. The Labute approximate surface area is 155 Å².